The number of sulfonamides is 1. The van der Waals surface area contributed by atoms with Crippen molar-refractivity contribution in [3.8, 4) is 0 Å². The molecular formula is C21H22F3N3O3S. The molecule has 1 amide bonds. The van der Waals surface area contributed by atoms with Gasteiger partial charge < -0.3 is 4.90 Å². The quantitative estimate of drug-likeness (QED) is 0.694. The van der Waals surface area contributed by atoms with E-state index in [0.29, 0.717) is 50.5 Å². The monoisotopic (exact) mass is 453 g/mol. The molecule has 166 valence electrons. The molecule has 1 aliphatic carbocycles. The highest BCUT2D eigenvalue weighted by Crippen LogP contribution is 2.38. The Labute approximate surface area is 178 Å². The average molecular weight is 453 g/mol. The lowest BCUT2D eigenvalue weighted by atomic mass is 10.0. The van der Waals surface area contributed by atoms with Crippen LogP contribution in [0.15, 0.2) is 53.6 Å². The number of halogens is 3. The zero-order valence-corrected chi connectivity index (χ0v) is 17.4. The van der Waals surface area contributed by atoms with Crippen LogP contribution in [-0.2, 0) is 16.2 Å². The molecule has 2 heterocycles. The van der Waals surface area contributed by atoms with Gasteiger partial charge in [-0.25, -0.2) is 8.42 Å². The Balaban J connectivity index is 1.52. The average Bonchev–Trinajstić information content (AvgIpc) is 3.59. The predicted octanol–water partition coefficient (Wildman–Crippen LogP) is 3.56. The number of piperidine rings is 1. The maximum absolute atomic E-state index is 13.3. The number of benzene rings is 1. The number of nitrogens with zero attached hydrogens (tertiary/aromatic N) is 3. The highest BCUT2D eigenvalue weighted by molar-refractivity contribution is 7.89. The van der Waals surface area contributed by atoms with Gasteiger partial charge in [-0.1, -0.05) is 12.1 Å². The van der Waals surface area contributed by atoms with Gasteiger partial charge in [0, 0.05) is 31.4 Å². The molecule has 2 aliphatic rings. The minimum atomic E-state index is -4.62. The Morgan fingerprint density at radius 3 is 2.26 bits per heavy atom. The van der Waals surface area contributed by atoms with Crippen molar-refractivity contribution >= 4 is 15.9 Å². The van der Waals surface area contributed by atoms with Crippen LogP contribution in [0.3, 0.4) is 0 Å². The first-order chi connectivity index (χ1) is 14.7. The van der Waals surface area contributed by atoms with Gasteiger partial charge in [0.05, 0.1) is 10.5 Å². The summed E-state index contributed by atoms with van der Waals surface area (Å²) in [4.78, 5) is 18.0. The molecule has 2 fully saturated rings. The third-order valence-electron chi connectivity index (χ3n) is 5.64. The molecule has 0 atom stereocenters. The van der Waals surface area contributed by atoms with Crippen molar-refractivity contribution in [2.45, 2.75) is 48.8 Å². The second-order valence-electron chi connectivity index (χ2n) is 7.83. The van der Waals surface area contributed by atoms with Crippen LogP contribution in [-0.4, -0.2) is 53.7 Å². The van der Waals surface area contributed by atoms with Gasteiger partial charge in [-0.2, -0.15) is 17.5 Å². The third-order valence-corrected chi connectivity index (χ3v) is 7.64. The van der Waals surface area contributed by atoms with Crippen molar-refractivity contribution in [1.29, 1.82) is 0 Å². The Bertz CT molecular complexity index is 1050. The van der Waals surface area contributed by atoms with Gasteiger partial charge in [0.15, 0.2) is 0 Å². The zero-order chi connectivity index (χ0) is 22.2. The van der Waals surface area contributed by atoms with Gasteiger partial charge in [0.2, 0.25) is 10.0 Å². The Hall–Kier alpha value is -2.46. The third kappa shape index (κ3) is 4.59. The first-order valence-electron chi connectivity index (χ1n) is 10.1. The normalized spacial score (nSPS) is 18.4. The molecule has 2 aromatic rings. The molecule has 1 saturated carbocycles. The fourth-order valence-corrected chi connectivity index (χ4v) is 5.93. The van der Waals surface area contributed by atoms with Crippen LogP contribution in [0.1, 0.15) is 41.7 Å². The van der Waals surface area contributed by atoms with Crippen LogP contribution in [0.5, 0.6) is 0 Å². The van der Waals surface area contributed by atoms with Crippen molar-refractivity contribution in [2.24, 2.45) is 0 Å². The molecule has 31 heavy (non-hydrogen) atoms. The summed E-state index contributed by atoms with van der Waals surface area (Å²) >= 11 is 0. The number of carbonyl (C=O) groups is 1. The van der Waals surface area contributed by atoms with E-state index in [1.165, 1.54) is 16.6 Å². The number of alkyl halides is 3. The van der Waals surface area contributed by atoms with E-state index >= 15 is 0 Å². The van der Waals surface area contributed by atoms with E-state index in [1.54, 1.807) is 23.1 Å². The summed E-state index contributed by atoms with van der Waals surface area (Å²) in [5, 5.41) is 0. The maximum Gasteiger partial charge on any atom is 0.416 e. The Kier molecular flexibility index (Phi) is 5.78. The number of aromatic nitrogens is 1. The molecule has 1 aliphatic heterocycles. The Morgan fingerprint density at radius 2 is 1.68 bits per heavy atom. The van der Waals surface area contributed by atoms with Crippen molar-refractivity contribution in [3.05, 3.63) is 59.9 Å². The fraction of sp³-hybridized carbons (Fsp3) is 0.429. The van der Waals surface area contributed by atoms with Crippen molar-refractivity contribution < 1.29 is 26.4 Å². The summed E-state index contributed by atoms with van der Waals surface area (Å²) in [6, 6.07) is 8.39. The molecule has 0 bridgehead atoms. The molecule has 4 rings (SSSR count). The van der Waals surface area contributed by atoms with E-state index in [9.17, 15) is 26.4 Å². The van der Waals surface area contributed by atoms with E-state index in [2.05, 4.69) is 4.98 Å². The molecule has 1 saturated heterocycles. The molecule has 0 unspecified atom stereocenters. The molecule has 1 aromatic carbocycles. The second kappa shape index (κ2) is 8.23. The summed E-state index contributed by atoms with van der Waals surface area (Å²) in [5.74, 6) is -0.210. The van der Waals surface area contributed by atoms with Gasteiger partial charge in [-0.15, -0.1) is 0 Å². The van der Waals surface area contributed by atoms with Crippen LogP contribution in [0.25, 0.3) is 0 Å². The molecule has 0 N–H and O–H groups in total. The second-order valence-corrected chi connectivity index (χ2v) is 9.67. The van der Waals surface area contributed by atoms with Crippen LogP contribution >= 0.6 is 0 Å². The van der Waals surface area contributed by atoms with Crippen LogP contribution in [0.4, 0.5) is 13.2 Å². The summed E-state index contributed by atoms with van der Waals surface area (Å²) in [5.41, 5.74) is -0.656. The van der Waals surface area contributed by atoms with Crippen molar-refractivity contribution in [3.63, 3.8) is 0 Å². The smallest absolute Gasteiger partial charge is 0.337 e. The van der Waals surface area contributed by atoms with Crippen molar-refractivity contribution in [2.75, 3.05) is 13.1 Å². The summed E-state index contributed by atoms with van der Waals surface area (Å²) in [6.45, 7) is 0.725. The maximum atomic E-state index is 13.3. The highest BCUT2D eigenvalue weighted by Gasteiger charge is 2.44. The number of rotatable bonds is 5. The first kappa shape index (κ1) is 21.8. The van der Waals surface area contributed by atoms with E-state index in [1.807, 2.05) is 0 Å². The molecule has 0 radical (unpaired) electrons. The lowest BCUT2D eigenvalue weighted by molar-refractivity contribution is -0.137. The van der Waals surface area contributed by atoms with Crippen molar-refractivity contribution in [1.82, 2.24) is 14.2 Å². The van der Waals surface area contributed by atoms with Gasteiger partial charge in [-0.3, -0.25) is 9.78 Å². The largest absolute Gasteiger partial charge is 0.416 e. The summed E-state index contributed by atoms with van der Waals surface area (Å²) in [6.07, 6.45) is -0.860. The van der Waals surface area contributed by atoms with Crippen LogP contribution in [0.2, 0.25) is 0 Å². The topological polar surface area (TPSA) is 70.6 Å². The Morgan fingerprint density at radius 1 is 1.00 bits per heavy atom. The predicted molar refractivity (Wildman–Crippen MR) is 107 cm³/mol. The number of carbonyl (C=O) groups excluding carboxylic acids is 1. The SMILES string of the molecule is O=C(c1ccccn1)N1CCC(N(C2CC2)S(=O)(=O)c2cccc(C(F)(F)F)c2)CC1. The minimum absolute atomic E-state index is 0.206. The van der Waals surface area contributed by atoms with Gasteiger partial charge in [-0.05, 0) is 56.0 Å². The van der Waals surface area contributed by atoms with E-state index < -0.39 is 21.8 Å². The number of likely N-dealkylation sites (tertiary alicyclic amines) is 1. The van der Waals surface area contributed by atoms with E-state index in [-0.39, 0.29) is 22.9 Å². The summed E-state index contributed by atoms with van der Waals surface area (Å²) < 4.78 is 67.2. The first-order valence-corrected chi connectivity index (χ1v) is 11.5. The standard InChI is InChI=1S/C21H22F3N3O3S/c22-21(23,24)15-4-3-5-18(14-15)31(29,30)27(16-7-8-16)17-9-12-26(13-10-17)20(28)19-6-1-2-11-25-19/h1-6,11,14,16-17H,7-10,12-13H2. The highest BCUT2D eigenvalue weighted by atomic mass is 32.2. The minimum Gasteiger partial charge on any atom is -0.337 e. The number of pyridine rings is 1. The molecule has 0 spiro atoms. The molecule has 1 aromatic heterocycles. The zero-order valence-electron chi connectivity index (χ0n) is 16.6. The molecular weight excluding hydrogens is 431 g/mol. The van der Waals surface area contributed by atoms with Gasteiger partial charge in [0.1, 0.15) is 5.69 Å². The van der Waals surface area contributed by atoms with Crippen LogP contribution in [0, 0.1) is 0 Å². The number of hydrogen-bond acceptors (Lipinski definition) is 4. The lowest BCUT2D eigenvalue weighted by Crippen LogP contribution is -2.49. The number of amides is 1. The number of hydrogen-bond donors (Lipinski definition) is 0. The molecule has 6 nitrogen and oxygen atoms in total. The molecule has 10 heteroatoms. The fourth-order valence-electron chi connectivity index (χ4n) is 3.95. The van der Waals surface area contributed by atoms with E-state index in [0.717, 1.165) is 12.1 Å². The van der Waals surface area contributed by atoms with Gasteiger partial charge in [0.25, 0.3) is 5.91 Å². The van der Waals surface area contributed by atoms with Crippen LogP contribution < -0.4 is 0 Å². The van der Waals surface area contributed by atoms with E-state index in [4.69, 9.17) is 0 Å². The lowest BCUT2D eigenvalue weighted by Gasteiger charge is -2.38. The summed E-state index contributed by atoms with van der Waals surface area (Å²) in [7, 11) is -4.09. The van der Waals surface area contributed by atoms with Gasteiger partial charge >= 0.3 is 6.18 Å².